The molecule has 8 nitrogen and oxygen atoms in total. The van der Waals surface area contributed by atoms with E-state index in [0.29, 0.717) is 27.9 Å². The SMILES string of the molecule is Cc1ccccc1N1C(=O)C2C(c3cc(C)c(O)c(C)c3)NC(C(=O)O)(C(C)O)C2C1=O. The number of carboxylic acid groups (broad SMARTS) is 1. The van der Waals surface area contributed by atoms with Crippen molar-refractivity contribution in [1.82, 2.24) is 5.32 Å². The van der Waals surface area contributed by atoms with Crippen LogP contribution in [0, 0.1) is 32.6 Å². The van der Waals surface area contributed by atoms with Gasteiger partial charge in [-0.3, -0.25) is 19.7 Å². The molecule has 0 radical (unpaired) electrons. The minimum atomic E-state index is -2.04. The van der Waals surface area contributed by atoms with Gasteiger partial charge in [0.15, 0.2) is 5.54 Å². The van der Waals surface area contributed by atoms with Crippen LogP contribution in [-0.4, -0.2) is 44.7 Å². The third kappa shape index (κ3) is 2.87. The maximum Gasteiger partial charge on any atom is 0.327 e. The van der Waals surface area contributed by atoms with E-state index in [1.807, 2.05) is 0 Å². The minimum absolute atomic E-state index is 0.110. The molecule has 5 unspecified atom stereocenters. The molecule has 0 saturated carbocycles. The van der Waals surface area contributed by atoms with E-state index < -0.39 is 47.3 Å². The summed E-state index contributed by atoms with van der Waals surface area (Å²) in [6.07, 6.45) is -1.45. The molecule has 0 aromatic heterocycles. The molecule has 2 saturated heterocycles. The van der Waals surface area contributed by atoms with Gasteiger partial charge >= 0.3 is 5.97 Å². The number of carbonyl (C=O) groups is 3. The van der Waals surface area contributed by atoms with E-state index in [9.17, 15) is 29.7 Å². The van der Waals surface area contributed by atoms with Crippen molar-refractivity contribution in [2.75, 3.05) is 4.90 Å². The maximum absolute atomic E-state index is 13.6. The fourth-order valence-corrected chi connectivity index (χ4v) is 5.21. The number of aryl methyl sites for hydroxylation is 3. The second-order valence-electron chi connectivity index (χ2n) is 8.78. The molecule has 2 aromatic rings. The summed E-state index contributed by atoms with van der Waals surface area (Å²) in [6.45, 7) is 6.49. The molecule has 2 aliphatic heterocycles. The van der Waals surface area contributed by atoms with Crippen LogP contribution in [-0.2, 0) is 14.4 Å². The van der Waals surface area contributed by atoms with E-state index in [2.05, 4.69) is 5.32 Å². The molecule has 168 valence electrons. The van der Waals surface area contributed by atoms with E-state index in [1.165, 1.54) is 6.92 Å². The van der Waals surface area contributed by atoms with Crippen molar-refractivity contribution in [3.63, 3.8) is 0 Å². The largest absolute Gasteiger partial charge is 0.507 e. The Balaban J connectivity index is 1.93. The Hall–Kier alpha value is -3.23. The fraction of sp³-hybridized carbons (Fsp3) is 0.375. The number of rotatable bonds is 4. The highest BCUT2D eigenvalue weighted by molar-refractivity contribution is 6.24. The van der Waals surface area contributed by atoms with Crippen molar-refractivity contribution < 1.29 is 29.7 Å². The number of phenolic OH excluding ortho intramolecular Hbond substituents is 1. The van der Waals surface area contributed by atoms with Gasteiger partial charge in [0.2, 0.25) is 11.8 Å². The summed E-state index contributed by atoms with van der Waals surface area (Å²) in [5, 5.41) is 33.9. The van der Waals surface area contributed by atoms with E-state index >= 15 is 0 Å². The molecule has 2 fully saturated rings. The zero-order valence-electron chi connectivity index (χ0n) is 18.3. The summed E-state index contributed by atoms with van der Waals surface area (Å²) in [6, 6.07) is 9.41. The Kier molecular flexibility index (Phi) is 5.10. The number of phenols is 1. The van der Waals surface area contributed by atoms with Gasteiger partial charge in [-0.25, -0.2) is 4.90 Å². The lowest BCUT2D eigenvalue weighted by Gasteiger charge is -2.33. The molecule has 4 N–H and O–H groups in total. The number of amides is 2. The van der Waals surface area contributed by atoms with Crippen LogP contribution in [0.1, 0.15) is 35.2 Å². The average Bonchev–Trinajstić information content (AvgIpc) is 3.22. The molecule has 0 aliphatic carbocycles. The van der Waals surface area contributed by atoms with E-state index in [-0.39, 0.29) is 5.75 Å². The van der Waals surface area contributed by atoms with Crippen LogP contribution in [0.5, 0.6) is 5.75 Å². The molecule has 2 aliphatic rings. The second kappa shape index (κ2) is 7.43. The Bertz CT molecular complexity index is 1120. The van der Waals surface area contributed by atoms with Crippen molar-refractivity contribution in [3.05, 3.63) is 58.7 Å². The van der Waals surface area contributed by atoms with Crippen molar-refractivity contribution >= 4 is 23.5 Å². The normalized spacial score (nSPS) is 28.2. The number of carbonyl (C=O) groups excluding carboxylic acids is 2. The van der Waals surface area contributed by atoms with Gasteiger partial charge in [-0.1, -0.05) is 30.3 Å². The molecule has 2 heterocycles. The molecule has 2 amide bonds. The van der Waals surface area contributed by atoms with Crippen LogP contribution in [0.25, 0.3) is 0 Å². The van der Waals surface area contributed by atoms with Gasteiger partial charge in [0.05, 0.1) is 23.6 Å². The number of hydrogen-bond donors (Lipinski definition) is 4. The van der Waals surface area contributed by atoms with Crippen molar-refractivity contribution in [1.29, 1.82) is 0 Å². The average molecular weight is 438 g/mol. The van der Waals surface area contributed by atoms with Gasteiger partial charge in [-0.15, -0.1) is 0 Å². The first-order valence-corrected chi connectivity index (χ1v) is 10.4. The predicted octanol–water partition coefficient (Wildman–Crippen LogP) is 1.97. The lowest BCUT2D eigenvalue weighted by Crippen LogP contribution is -2.62. The maximum atomic E-state index is 13.6. The van der Waals surface area contributed by atoms with Crippen LogP contribution in [0.4, 0.5) is 5.69 Å². The molecule has 4 rings (SSSR count). The van der Waals surface area contributed by atoms with Crippen molar-refractivity contribution in [2.45, 2.75) is 45.4 Å². The van der Waals surface area contributed by atoms with Gasteiger partial charge in [0.25, 0.3) is 0 Å². The molecule has 0 bridgehead atoms. The highest BCUT2D eigenvalue weighted by Gasteiger charge is 2.70. The second-order valence-corrected chi connectivity index (χ2v) is 8.78. The third-order valence-corrected chi connectivity index (χ3v) is 6.84. The van der Waals surface area contributed by atoms with E-state index in [0.717, 1.165) is 4.90 Å². The summed E-state index contributed by atoms with van der Waals surface area (Å²) in [5.41, 5.74) is 0.765. The van der Waals surface area contributed by atoms with Gasteiger partial charge in [-0.05, 0) is 56.0 Å². The Morgan fingerprint density at radius 1 is 1.06 bits per heavy atom. The number of anilines is 1. The van der Waals surface area contributed by atoms with Crippen molar-refractivity contribution in [3.8, 4) is 5.75 Å². The van der Waals surface area contributed by atoms with Crippen molar-refractivity contribution in [2.24, 2.45) is 11.8 Å². The standard InChI is InChI=1S/C24H26N2O6/c1-11-7-5-6-8-16(11)26-21(29)17-18(22(26)30)24(14(4)27,23(31)32)25-19(17)15-9-12(2)20(28)13(3)10-15/h5-10,14,17-19,25,27-28H,1-4H3,(H,31,32). The number of nitrogens with one attached hydrogen (secondary N) is 1. The van der Waals surface area contributed by atoms with Gasteiger partial charge in [0.1, 0.15) is 5.75 Å². The summed E-state index contributed by atoms with van der Waals surface area (Å²) in [5.74, 6) is -4.79. The number of aliphatic hydroxyl groups excluding tert-OH is 1. The first-order valence-electron chi connectivity index (χ1n) is 10.4. The molecule has 8 heteroatoms. The minimum Gasteiger partial charge on any atom is -0.507 e. The fourth-order valence-electron chi connectivity index (χ4n) is 5.21. The lowest BCUT2D eigenvalue weighted by molar-refractivity contribution is -0.154. The lowest BCUT2D eigenvalue weighted by atomic mass is 9.76. The topological polar surface area (TPSA) is 127 Å². The highest BCUT2D eigenvalue weighted by atomic mass is 16.4. The third-order valence-electron chi connectivity index (χ3n) is 6.84. The number of aliphatic hydroxyl groups is 1. The number of carboxylic acids is 1. The van der Waals surface area contributed by atoms with E-state index in [4.69, 9.17) is 0 Å². The number of benzene rings is 2. The first-order chi connectivity index (χ1) is 15.0. The van der Waals surface area contributed by atoms with Crippen LogP contribution in [0.2, 0.25) is 0 Å². The van der Waals surface area contributed by atoms with Crippen LogP contribution < -0.4 is 10.2 Å². The van der Waals surface area contributed by atoms with E-state index in [1.54, 1.807) is 57.2 Å². The van der Waals surface area contributed by atoms with Crippen LogP contribution in [0.15, 0.2) is 36.4 Å². The van der Waals surface area contributed by atoms with Crippen LogP contribution >= 0.6 is 0 Å². The Labute approximate surface area is 185 Å². The van der Waals surface area contributed by atoms with Gasteiger partial charge in [-0.2, -0.15) is 0 Å². The number of fused-ring (bicyclic) bond motifs is 1. The van der Waals surface area contributed by atoms with Crippen LogP contribution in [0.3, 0.4) is 0 Å². The number of imide groups is 1. The number of para-hydroxylation sites is 1. The summed E-state index contributed by atoms with van der Waals surface area (Å²) in [4.78, 5) is 40.8. The van der Waals surface area contributed by atoms with Gasteiger partial charge < -0.3 is 15.3 Å². The molecular formula is C24H26N2O6. The first kappa shape index (κ1) is 22.0. The Morgan fingerprint density at radius 3 is 2.19 bits per heavy atom. The summed E-state index contributed by atoms with van der Waals surface area (Å²) < 4.78 is 0. The predicted molar refractivity (Wildman–Crippen MR) is 116 cm³/mol. The molecule has 2 aromatic carbocycles. The molecular weight excluding hydrogens is 412 g/mol. The molecule has 0 spiro atoms. The molecule has 32 heavy (non-hydrogen) atoms. The number of aliphatic carboxylic acids is 1. The number of aromatic hydroxyl groups is 1. The zero-order valence-corrected chi connectivity index (χ0v) is 18.3. The Morgan fingerprint density at radius 2 is 1.66 bits per heavy atom. The molecule has 5 atom stereocenters. The summed E-state index contributed by atoms with van der Waals surface area (Å²) in [7, 11) is 0. The number of nitrogens with zero attached hydrogens (tertiary/aromatic N) is 1. The zero-order chi connectivity index (χ0) is 23.5. The van der Waals surface area contributed by atoms with Gasteiger partial charge in [0, 0.05) is 6.04 Å². The number of hydrogen-bond acceptors (Lipinski definition) is 6. The smallest absolute Gasteiger partial charge is 0.327 e. The summed E-state index contributed by atoms with van der Waals surface area (Å²) >= 11 is 0. The quantitative estimate of drug-likeness (QED) is 0.538. The monoisotopic (exact) mass is 438 g/mol. The highest BCUT2D eigenvalue weighted by Crippen LogP contribution is 2.51.